The van der Waals surface area contributed by atoms with Crippen molar-refractivity contribution in [3.8, 4) is 0 Å². The number of carbonyl (C=O) groups is 2. The molecule has 6 heteroatoms. The molecule has 0 fully saturated rings. The fraction of sp³-hybridized carbons (Fsp3) is 0.417. The van der Waals surface area contributed by atoms with E-state index in [0.717, 1.165) is 0 Å². The third-order valence-electron chi connectivity index (χ3n) is 2.39. The molecule has 1 unspecified atom stereocenters. The smallest absolute Gasteiger partial charge is 0.326 e. The van der Waals surface area contributed by atoms with Gasteiger partial charge in [-0.25, -0.2) is 9.78 Å². The number of amides is 1. The fourth-order valence-electron chi connectivity index (χ4n) is 1.41. The van der Waals surface area contributed by atoms with E-state index >= 15 is 0 Å². The van der Waals surface area contributed by atoms with Gasteiger partial charge in [0.25, 0.3) is 5.91 Å². The summed E-state index contributed by atoms with van der Waals surface area (Å²) in [5.74, 6) is -2.88. The molecular formula is C12H15FN2O3. The normalized spacial score (nSPS) is 12.9. The van der Waals surface area contributed by atoms with Gasteiger partial charge in [0.1, 0.15) is 6.04 Å². The predicted molar refractivity (Wildman–Crippen MR) is 62.5 cm³/mol. The van der Waals surface area contributed by atoms with Gasteiger partial charge >= 0.3 is 5.97 Å². The second-order valence-electron chi connectivity index (χ2n) is 4.95. The zero-order valence-corrected chi connectivity index (χ0v) is 10.4. The van der Waals surface area contributed by atoms with Gasteiger partial charge in [0.05, 0.1) is 5.56 Å². The van der Waals surface area contributed by atoms with Crippen LogP contribution in [0.1, 0.15) is 31.1 Å². The highest BCUT2D eigenvalue weighted by Gasteiger charge is 2.33. The summed E-state index contributed by atoms with van der Waals surface area (Å²) in [6, 6.07) is 1.55. The maximum Gasteiger partial charge on any atom is 0.326 e. The summed E-state index contributed by atoms with van der Waals surface area (Å²) in [5.41, 5.74) is -0.951. The van der Waals surface area contributed by atoms with Gasteiger partial charge < -0.3 is 10.4 Å². The number of carboxylic acids is 1. The van der Waals surface area contributed by atoms with Crippen molar-refractivity contribution in [2.45, 2.75) is 26.8 Å². The van der Waals surface area contributed by atoms with Crippen molar-refractivity contribution in [1.82, 2.24) is 10.3 Å². The summed E-state index contributed by atoms with van der Waals surface area (Å²) >= 11 is 0. The van der Waals surface area contributed by atoms with E-state index in [9.17, 15) is 14.0 Å². The first-order valence-corrected chi connectivity index (χ1v) is 5.37. The van der Waals surface area contributed by atoms with Crippen molar-refractivity contribution in [1.29, 1.82) is 0 Å². The van der Waals surface area contributed by atoms with E-state index in [0.29, 0.717) is 0 Å². The molecule has 0 aliphatic rings. The lowest BCUT2D eigenvalue weighted by Crippen LogP contribution is -2.49. The van der Waals surface area contributed by atoms with E-state index < -0.39 is 29.3 Å². The van der Waals surface area contributed by atoms with E-state index in [-0.39, 0.29) is 5.56 Å². The van der Waals surface area contributed by atoms with Gasteiger partial charge in [0.15, 0.2) is 0 Å². The Kier molecular flexibility index (Phi) is 4.00. The van der Waals surface area contributed by atoms with Crippen LogP contribution in [0.25, 0.3) is 0 Å². The highest BCUT2D eigenvalue weighted by Crippen LogP contribution is 2.20. The molecule has 0 saturated carbocycles. The van der Waals surface area contributed by atoms with E-state index in [1.807, 2.05) is 0 Å². The molecule has 2 N–H and O–H groups in total. The van der Waals surface area contributed by atoms with Gasteiger partial charge in [-0.15, -0.1) is 0 Å². The van der Waals surface area contributed by atoms with Crippen LogP contribution in [0.5, 0.6) is 0 Å². The average molecular weight is 254 g/mol. The summed E-state index contributed by atoms with van der Waals surface area (Å²) in [6.07, 6.45) is 1.21. The maximum atomic E-state index is 13.3. The minimum atomic E-state index is -1.17. The highest BCUT2D eigenvalue weighted by atomic mass is 19.1. The van der Waals surface area contributed by atoms with Crippen molar-refractivity contribution >= 4 is 11.9 Å². The maximum absolute atomic E-state index is 13.3. The van der Waals surface area contributed by atoms with Gasteiger partial charge in [-0.05, 0) is 17.5 Å². The molecule has 98 valence electrons. The SMILES string of the molecule is CC(C)(C)C(NC(=O)c1cccnc1F)C(=O)O. The van der Waals surface area contributed by atoms with Crippen molar-refractivity contribution in [3.63, 3.8) is 0 Å². The van der Waals surface area contributed by atoms with Crippen LogP contribution in [0.2, 0.25) is 0 Å². The van der Waals surface area contributed by atoms with Gasteiger partial charge in [0.2, 0.25) is 5.95 Å². The Bertz CT molecular complexity index is 469. The summed E-state index contributed by atoms with van der Waals surface area (Å²) < 4.78 is 13.3. The third kappa shape index (κ3) is 3.26. The molecule has 1 rings (SSSR count). The van der Waals surface area contributed by atoms with Crippen molar-refractivity contribution in [3.05, 3.63) is 29.8 Å². The summed E-state index contributed by atoms with van der Waals surface area (Å²) in [6.45, 7) is 5.02. The molecule has 0 aromatic carbocycles. The topological polar surface area (TPSA) is 79.3 Å². The second-order valence-corrected chi connectivity index (χ2v) is 4.95. The van der Waals surface area contributed by atoms with E-state index in [1.165, 1.54) is 18.3 Å². The molecule has 0 saturated heterocycles. The van der Waals surface area contributed by atoms with Crippen LogP contribution >= 0.6 is 0 Å². The first-order valence-electron chi connectivity index (χ1n) is 5.37. The molecule has 18 heavy (non-hydrogen) atoms. The highest BCUT2D eigenvalue weighted by molar-refractivity contribution is 5.96. The molecule has 1 aromatic heterocycles. The number of carbonyl (C=O) groups excluding carboxylic acids is 1. The van der Waals surface area contributed by atoms with Crippen LogP contribution in [0, 0.1) is 11.4 Å². The standard InChI is InChI=1S/C12H15FN2O3/c1-12(2,3)8(11(17)18)15-10(16)7-5-4-6-14-9(7)13/h4-6,8H,1-3H3,(H,15,16)(H,17,18). The van der Waals surface area contributed by atoms with Crippen LogP contribution in [0.3, 0.4) is 0 Å². The average Bonchev–Trinajstić information content (AvgIpc) is 2.24. The number of aliphatic carboxylic acids is 1. The Morgan fingerprint density at radius 3 is 2.50 bits per heavy atom. The number of nitrogens with zero attached hydrogens (tertiary/aromatic N) is 1. The lowest BCUT2D eigenvalue weighted by molar-refractivity contribution is -0.142. The molecule has 5 nitrogen and oxygen atoms in total. The van der Waals surface area contributed by atoms with Crippen molar-refractivity contribution in [2.75, 3.05) is 0 Å². The number of halogens is 1. The molecule has 0 aliphatic heterocycles. The largest absolute Gasteiger partial charge is 0.480 e. The Balaban J connectivity index is 2.93. The number of rotatable bonds is 3. The Labute approximate surface area is 104 Å². The number of pyridine rings is 1. The van der Waals surface area contributed by atoms with Crippen molar-refractivity contribution < 1.29 is 19.1 Å². The molecule has 0 bridgehead atoms. The lowest BCUT2D eigenvalue weighted by Gasteiger charge is -2.27. The van der Waals surface area contributed by atoms with E-state index in [2.05, 4.69) is 10.3 Å². The summed E-state index contributed by atoms with van der Waals surface area (Å²) in [4.78, 5) is 26.2. The summed E-state index contributed by atoms with van der Waals surface area (Å²) in [7, 11) is 0. The first-order chi connectivity index (χ1) is 8.23. The monoisotopic (exact) mass is 254 g/mol. The Morgan fingerprint density at radius 1 is 1.44 bits per heavy atom. The Morgan fingerprint density at radius 2 is 2.06 bits per heavy atom. The van der Waals surface area contributed by atoms with Crippen LogP contribution < -0.4 is 5.32 Å². The van der Waals surface area contributed by atoms with Crippen LogP contribution in [-0.2, 0) is 4.79 Å². The molecule has 1 aromatic rings. The van der Waals surface area contributed by atoms with Gasteiger partial charge in [0, 0.05) is 6.20 Å². The molecule has 1 amide bonds. The van der Waals surface area contributed by atoms with Crippen LogP contribution in [0.4, 0.5) is 4.39 Å². The lowest BCUT2D eigenvalue weighted by atomic mass is 9.86. The van der Waals surface area contributed by atoms with Crippen molar-refractivity contribution in [2.24, 2.45) is 5.41 Å². The number of nitrogens with one attached hydrogen (secondary N) is 1. The van der Waals surface area contributed by atoms with E-state index in [1.54, 1.807) is 20.8 Å². The number of hydrogen-bond acceptors (Lipinski definition) is 3. The van der Waals surface area contributed by atoms with Crippen LogP contribution in [0.15, 0.2) is 18.3 Å². The molecular weight excluding hydrogens is 239 g/mol. The summed E-state index contributed by atoms with van der Waals surface area (Å²) in [5, 5.41) is 11.3. The number of hydrogen-bond donors (Lipinski definition) is 2. The minimum Gasteiger partial charge on any atom is -0.480 e. The zero-order valence-electron chi connectivity index (χ0n) is 10.4. The van der Waals surface area contributed by atoms with Gasteiger partial charge in [-0.3, -0.25) is 4.79 Å². The quantitative estimate of drug-likeness (QED) is 0.800. The fourth-order valence-corrected chi connectivity index (χ4v) is 1.41. The van der Waals surface area contributed by atoms with Crippen LogP contribution in [-0.4, -0.2) is 28.0 Å². The van der Waals surface area contributed by atoms with Gasteiger partial charge in [-0.1, -0.05) is 20.8 Å². The molecule has 0 radical (unpaired) electrons. The minimum absolute atomic E-state index is 0.270. The third-order valence-corrected chi connectivity index (χ3v) is 2.39. The van der Waals surface area contributed by atoms with Gasteiger partial charge in [-0.2, -0.15) is 4.39 Å². The molecule has 1 atom stereocenters. The predicted octanol–water partition coefficient (Wildman–Crippen LogP) is 1.45. The molecule has 0 spiro atoms. The molecule has 1 heterocycles. The first kappa shape index (κ1) is 14.1. The molecule has 0 aliphatic carbocycles. The zero-order chi connectivity index (χ0) is 13.9. The Hall–Kier alpha value is -1.98. The number of aromatic nitrogens is 1. The number of carboxylic acid groups (broad SMARTS) is 1. The van der Waals surface area contributed by atoms with E-state index in [4.69, 9.17) is 5.11 Å². The second kappa shape index (κ2) is 5.12.